The summed E-state index contributed by atoms with van der Waals surface area (Å²) in [4.78, 5) is 0. The lowest BCUT2D eigenvalue weighted by atomic mass is 10.2. The Morgan fingerprint density at radius 3 is 2.94 bits per heavy atom. The Balaban J connectivity index is 1.84. The zero-order valence-corrected chi connectivity index (χ0v) is 10.8. The summed E-state index contributed by atoms with van der Waals surface area (Å²) in [5.74, 6) is 2.14. The van der Waals surface area contributed by atoms with Crippen LogP contribution >= 0.6 is 11.8 Å². The minimum Gasteiger partial charge on any atom is -0.366 e. The van der Waals surface area contributed by atoms with Crippen molar-refractivity contribution in [2.24, 2.45) is 0 Å². The van der Waals surface area contributed by atoms with Crippen LogP contribution in [0.25, 0.3) is 0 Å². The van der Waals surface area contributed by atoms with E-state index in [0.29, 0.717) is 6.04 Å². The van der Waals surface area contributed by atoms with Crippen LogP contribution in [0.5, 0.6) is 0 Å². The zero-order chi connectivity index (χ0) is 11.4. The minimum atomic E-state index is 0.584. The molecule has 2 rings (SSSR count). The third-order valence-electron chi connectivity index (χ3n) is 2.94. The van der Waals surface area contributed by atoms with Crippen LogP contribution in [0.4, 0.5) is 5.82 Å². The van der Waals surface area contributed by atoms with Crippen LogP contribution in [0.2, 0.25) is 0 Å². The maximum atomic E-state index is 4.14. The smallest absolute Gasteiger partial charge is 0.148 e. The number of rotatable bonds is 4. The van der Waals surface area contributed by atoms with Crippen molar-refractivity contribution in [2.45, 2.75) is 44.4 Å². The molecule has 1 aromatic heterocycles. The Bertz CT molecular complexity index is 326. The Kier molecular flexibility index (Phi) is 4.04. The van der Waals surface area contributed by atoms with Crippen LogP contribution in [0, 0.1) is 6.92 Å². The highest BCUT2D eigenvalue weighted by atomic mass is 32.2. The monoisotopic (exact) mass is 237 g/mol. The van der Waals surface area contributed by atoms with E-state index in [1.54, 1.807) is 0 Å². The van der Waals surface area contributed by atoms with Gasteiger partial charge in [0.2, 0.25) is 0 Å². The summed E-state index contributed by atoms with van der Waals surface area (Å²) in [6.45, 7) is 4.19. The Labute approximate surface area is 101 Å². The first-order chi connectivity index (χ1) is 7.78. The molecule has 0 aliphatic heterocycles. The lowest BCUT2D eigenvalue weighted by molar-refractivity contribution is 0.746. The Morgan fingerprint density at radius 1 is 1.38 bits per heavy atom. The molecular formula is C12H19N3S. The SMILES string of the molecule is CCSC1CCC(Nc2ccc(C)nn2)C1. The molecule has 0 amide bonds. The average molecular weight is 237 g/mol. The van der Waals surface area contributed by atoms with Gasteiger partial charge in [-0.3, -0.25) is 0 Å². The molecule has 2 unspecified atom stereocenters. The second-order valence-corrected chi connectivity index (χ2v) is 5.87. The molecule has 4 heteroatoms. The average Bonchev–Trinajstić information content (AvgIpc) is 2.70. The van der Waals surface area contributed by atoms with Crippen molar-refractivity contribution in [1.29, 1.82) is 0 Å². The molecule has 88 valence electrons. The van der Waals surface area contributed by atoms with Crippen LogP contribution in [-0.2, 0) is 0 Å². The maximum Gasteiger partial charge on any atom is 0.148 e. The van der Waals surface area contributed by atoms with Gasteiger partial charge in [0.15, 0.2) is 0 Å². The second-order valence-electron chi connectivity index (χ2n) is 4.29. The molecule has 1 heterocycles. The molecule has 1 fully saturated rings. The highest BCUT2D eigenvalue weighted by Crippen LogP contribution is 2.31. The van der Waals surface area contributed by atoms with Gasteiger partial charge in [0.1, 0.15) is 5.82 Å². The van der Waals surface area contributed by atoms with Gasteiger partial charge in [-0.1, -0.05) is 6.92 Å². The van der Waals surface area contributed by atoms with E-state index < -0.39 is 0 Å². The van der Waals surface area contributed by atoms with E-state index in [2.05, 4.69) is 34.2 Å². The molecular weight excluding hydrogens is 218 g/mol. The normalized spacial score (nSPS) is 24.6. The predicted octanol–water partition coefficient (Wildman–Crippen LogP) is 2.87. The largest absolute Gasteiger partial charge is 0.366 e. The standard InChI is InChI=1S/C12H19N3S/c1-3-16-11-6-5-10(8-11)13-12-7-4-9(2)14-15-12/h4,7,10-11H,3,5-6,8H2,1-2H3,(H,13,15). The van der Waals surface area contributed by atoms with Gasteiger partial charge in [-0.25, -0.2) is 0 Å². The van der Waals surface area contributed by atoms with Gasteiger partial charge in [-0.05, 0) is 44.1 Å². The number of aryl methyl sites for hydroxylation is 1. The van der Waals surface area contributed by atoms with E-state index in [0.717, 1.165) is 16.8 Å². The molecule has 0 radical (unpaired) electrons. The van der Waals surface area contributed by atoms with Crippen LogP contribution in [-0.4, -0.2) is 27.2 Å². The summed E-state index contributed by atoms with van der Waals surface area (Å²) in [6.07, 6.45) is 3.84. The number of thioether (sulfide) groups is 1. The number of nitrogens with zero attached hydrogens (tertiary/aromatic N) is 2. The van der Waals surface area contributed by atoms with Crippen LogP contribution in [0.1, 0.15) is 31.9 Å². The second kappa shape index (κ2) is 5.53. The fraction of sp³-hybridized carbons (Fsp3) is 0.667. The zero-order valence-electron chi connectivity index (χ0n) is 9.94. The van der Waals surface area contributed by atoms with Crippen LogP contribution in [0.15, 0.2) is 12.1 Å². The summed E-state index contributed by atoms with van der Waals surface area (Å²) in [5, 5.41) is 12.5. The maximum absolute atomic E-state index is 4.14. The van der Waals surface area contributed by atoms with Crippen LogP contribution in [0.3, 0.4) is 0 Å². The van der Waals surface area contributed by atoms with Gasteiger partial charge in [0.05, 0.1) is 5.69 Å². The molecule has 0 saturated heterocycles. The van der Waals surface area contributed by atoms with Gasteiger partial charge in [0.25, 0.3) is 0 Å². The summed E-state index contributed by atoms with van der Waals surface area (Å²) in [7, 11) is 0. The highest BCUT2D eigenvalue weighted by Gasteiger charge is 2.24. The van der Waals surface area contributed by atoms with Crippen molar-refractivity contribution in [3.8, 4) is 0 Å². The van der Waals surface area contributed by atoms with Crippen molar-refractivity contribution in [3.63, 3.8) is 0 Å². The topological polar surface area (TPSA) is 37.8 Å². The van der Waals surface area contributed by atoms with E-state index >= 15 is 0 Å². The van der Waals surface area contributed by atoms with Crippen molar-refractivity contribution in [3.05, 3.63) is 17.8 Å². The number of anilines is 1. The van der Waals surface area contributed by atoms with E-state index in [1.165, 1.54) is 25.0 Å². The molecule has 1 saturated carbocycles. The third kappa shape index (κ3) is 3.11. The van der Waals surface area contributed by atoms with Gasteiger partial charge in [-0.15, -0.1) is 5.10 Å². The number of hydrogen-bond donors (Lipinski definition) is 1. The molecule has 1 aromatic rings. The molecule has 0 bridgehead atoms. The van der Waals surface area contributed by atoms with E-state index in [-0.39, 0.29) is 0 Å². The number of hydrogen-bond acceptors (Lipinski definition) is 4. The van der Waals surface area contributed by atoms with Crippen molar-refractivity contribution in [1.82, 2.24) is 10.2 Å². The van der Waals surface area contributed by atoms with Gasteiger partial charge in [-0.2, -0.15) is 16.9 Å². The van der Waals surface area contributed by atoms with Gasteiger partial charge >= 0.3 is 0 Å². The molecule has 0 spiro atoms. The molecule has 1 N–H and O–H groups in total. The van der Waals surface area contributed by atoms with E-state index in [9.17, 15) is 0 Å². The Morgan fingerprint density at radius 2 is 2.25 bits per heavy atom. The van der Waals surface area contributed by atoms with Crippen molar-refractivity contribution < 1.29 is 0 Å². The molecule has 16 heavy (non-hydrogen) atoms. The molecule has 0 aromatic carbocycles. The lowest BCUT2D eigenvalue weighted by Gasteiger charge is -2.13. The lowest BCUT2D eigenvalue weighted by Crippen LogP contribution is -2.17. The summed E-state index contributed by atoms with van der Waals surface area (Å²) in [6, 6.07) is 4.60. The minimum absolute atomic E-state index is 0.584. The first kappa shape index (κ1) is 11.7. The van der Waals surface area contributed by atoms with Crippen molar-refractivity contribution in [2.75, 3.05) is 11.1 Å². The molecule has 2 atom stereocenters. The Hall–Kier alpha value is -0.770. The predicted molar refractivity (Wildman–Crippen MR) is 70.0 cm³/mol. The summed E-state index contributed by atoms with van der Waals surface area (Å²) >= 11 is 2.08. The fourth-order valence-electron chi connectivity index (χ4n) is 2.14. The third-order valence-corrected chi connectivity index (χ3v) is 4.17. The first-order valence-electron chi connectivity index (χ1n) is 5.96. The quantitative estimate of drug-likeness (QED) is 0.874. The number of nitrogens with one attached hydrogen (secondary N) is 1. The van der Waals surface area contributed by atoms with Crippen molar-refractivity contribution >= 4 is 17.6 Å². The highest BCUT2D eigenvalue weighted by molar-refractivity contribution is 7.99. The van der Waals surface area contributed by atoms with Gasteiger partial charge < -0.3 is 5.32 Å². The molecule has 1 aliphatic rings. The van der Waals surface area contributed by atoms with Gasteiger partial charge in [0, 0.05) is 11.3 Å². The molecule has 1 aliphatic carbocycles. The first-order valence-corrected chi connectivity index (χ1v) is 7.01. The van der Waals surface area contributed by atoms with Crippen LogP contribution < -0.4 is 5.32 Å². The molecule has 3 nitrogen and oxygen atoms in total. The summed E-state index contributed by atoms with van der Waals surface area (Å²) in [5.41, 5.74) is 0.969. The van der Waals surface area contributed by atoms with E-state index in [4.69, 9.17) is 0 Å². The van der Waals surface area contributed by atoms with E-state index in [1.807, 2.05) is 19.1 Å². The number of aromatic nitrogens is 2. The fourth-order valence-corrected chi connectivity index (χ4v) is 3.29. The summed E-state index contributed by atoms with van der Waals surface area (Å²) < 4.78 is 0.